The van der Waals surface area contributed by atoms with Crippen LogP contribution in [0.4, 0.5) is 0 Å². The Morgan fingerprint density at radius 2 is 2.19 bits per heavy atom. The maximum absolute atomic E-state index is 9.07. The Hall–Kier alpha value is -1.18. The van der Waals surface area contributed by atoms with E-state index in [0.29, 0.717) is 18.1 Å². The van der Waals surface area contributed by atoms with Crippen LogP contribution in [0.5, 0.6) is 11.5 Å². The molecule has 0 aromatic heterocycles. The predicted octanol–water partition coefficient (Wildman–Crippen LogP) is 2.35. The van der Waals surface area contributed by atoms with Crippen molar-refractivity contribution in [3.63, 3.8) is 0 Å². The minimum absolute atomic E-state index is 0.0475. The molecule has 0 spiro atoms. The summed E-state index contributed by atoms with van der Waals surface area (Å²) >= 11 is 3.35. The molecule has 16 heavy (non-hydrogen) atoms. The van der Waals surface area contributed by atoms with Crippen molar-refractivity contribution in [1.29, 1.82) is 0 Å². The SMILES string of the molecule is C#CCOc1c(Br)cc(CO)cc1OCC. The quantitative estimate of drug-likeness (QED) is 0.844. The molecule has 0 radical (unpaired) electrons. The lowest BCUT2D eigenvalue weighted by molar-refractivity contribution is 0.276. The molecule has 1 aromatic rings. The predicted molar refractivity (Wildman–Crippen MR) is 65.6 cm³/mol. The molecule has 0 heterocycles. The molecule has 0 bridgehead atoms. The zero-order valence-corrected chi connectivity index (χ0v) is 10.6. The zero-order valence-electron chi connectivity index (χ0n) is 9.00. The largest absolute Gasteiger partial charge is 0.490 e. The van der Waals surface area contributed by atoms with Crippen molar-refractivity contribution >= 4 is 15.9 Å². The Morgan fingerprint density at radius 3 is 2.75 bits per heavy atom. The fraction of sp³-hybridized carbons (Fsp3) is 0.333. The Kier molecular flexibility index (Phi) is 5.17. The second kappa shape index (κ2) is 6.41. The van der Waals surface area contributed by atoms with E-state index in [-0.39, 0.29) is 13.2 Å². The summed E-state index contributed by atoms with van der Waals surface area (Å²) in [6, 6.07) is 3.51. The fourth-order valence-electron chi connectivity index (χ4n) is 1.23. The molecule has 4 heteroatoms. The van der Waals surface area contributed by atoms with Gasteiger partial charge in [-0.1, -0.05) is 5.92 Å². The van der Waals surface area contributed by atoms with Crippen LogP contribution in [0.3, 0.4) is 0 Å². The lowest BCUT2D eigenvalue weighted by Crippen LogP contribution is -2.01. The van der Waals surface area contributed by atoms with Crippen LogP contribution in [-0.4, -0.2) is 18.3 Å². The van der Waals surface area contributed by atoms with E-state index < -0.39 is 0 Å². The normalized spacial score (nSPS) is 9.62. The number of ether oxygens (including phenoxy) is 2. The molecule has 0 aliphatic rings. The molecule has 0 amide bonds. The summed E-state index contributed by atoms with van der Waals surface area (Å²) < 4.78 is 11.5. The summed E-state index contributed by atoms with van der Waals surface area (Å²) in [5.41, 5.74) is 0.753. The summed E-state index contributed by atoms with van der Waals surface area (Å²) in [5, 5.41) is 9.07. The molecule has 0 saturated carbocycles. The fourth-order valence-corrected chi connectivity index (χ4v) is 1.83. The van der Waals surface area contributed by atoms with Gasteiger partial charge in [-0.3, -0.25) is 0 Å². The van der Waals surface area contributed by atoms with Gasteiger partial charge in [-0.05, 0) is 40.5 Å². The van der Waals surface area contributed by atoms with Gasteiger partial charge in [0.15, 0.2) is 11.5 Å². The van der Waals surface area contributed by atoms with Crippen molar-refractivity contribution in [2.24, 2.45) is 0 Å². The minimum Gasteiger partial charge on any atom is -0.490 e. The Morgan fingerprint density at radius 1 is 1.44 bits per heavy atom. The molecular weight excluding hydrogens is 272 g/mol. The number of hydrogen-bond donors (Lipinski definition) is 1. The monoisotopic (exact) mass is 284 g/mol. The topological polar surface area (TPSA) is 38.7 Å². The highest BCUT2D eigenvalue weighted by Gasteiger charge is 2.11. The first-order chi connectivity index (χ1) is 7.72. The van der Waals surface area contributed by atoms with Gasteiger partial charge in [0.25, 0.3) is 0 Å². The molecule has 1 aromatic carbocycles. The number of halogens is 1. The van der Waals surface area contributed by atoms with Gasteiger partial charge in [-0.2, -0.15) is 0 Å². The van der Waals surface area contributed by atoms with E-state index in [1.807, 2.05) is 6.92 Å². The Labute approximate surface area is 104 Å². The average molecular weight is 285 g/mol. The number of aliphatic hydroxyl groups excluding tert-OH is 1. The molecule has 0 saturated heterocycles. The van der Waals surface area contributed by atoms with E-state index in [0.717, 1.165) is 10.0 Å². The first kappa shape index (κ1) is 12.9. The first-order valence-corrected chi connectivity index (χ1v) is 5.64. The number of terminal acetylenes is 1. The molecule has 0 atom stereocenters. The van der Waals surface area contributed by atoms with Crippen LogP contribution < -0.4 is 9.47 Å². The summed E-state index contributed by atoms with van der Waals surface area (Å²) in [5.74, 6) is 3.54. The van der Waals surface area contributed by atoms with Crippen LogP contribution in [0.25, 0.3) is 0 Å². The molecule has 0 fully saturated rings. The van der Waals surface area contributed by atoms with Gasteiger partial charge in [0.1, 0.15) is 6.61 Å². The summed E-state index contributed by atoms with van der Waals surface area (Å²) in [7, 11) is 0. The second-order valence-corrected chi connectivity index (χ2v) is 3.84. The Balaban J connectivity index is 3.07. The third-order valence-electron chi connectivity index (χ3n) is 1.85. The number of aliphatic hydroxyl groups is 1. The minimum atomic E-state index is -0.0475. The van der Waals surface area contributed by atoms with Crippen molar-refractivity contribution in [2.45, 2.75) is 13.5 Å². The van der Waals surface area contributed by atoms with Crippen LogP contribution >= 0.6 is 15.9 Å². The van der Waals surface area contributed by atoms with Gasteiger partial charge in [0.2, 0.25) is 0 Å². The van der Waals surface area contributed by atoms with Crippen molar-refractivity contribution in [1.82, 2.24) is 0 Å². The zero-order chi connectivity index (χ0) is 12.0. The van der Waals surface area contributed by atoms with Crippen LogP contribution in [0.15, 0.2) is 16.6 Å². The van der Waals surface area contributed by atoms with Crippen molar-refractivity contribution < 1.29 is 14.6 Å². The maximum Gasteiger partial charge on any atom is 0.176 e. The van der Waals surface area contributed by atoms with E-state index in [2.05, 4.69) is 21.9 Å². The standard InChI is InChI=1S/C12H13BrO3/c1-3-5-16-12-10(13)6-9(8-14)7-11(12)15-4-2/h1,6-7,14H,4-5,8H2,2H3. The van der Waals surface area contributed by atoms with Crippen molar-refractivity contribution in [3.8, 4) is 23.8 Å². The second-order valence-electron chi connectivity index (χ2n) is 2.99. The molecular formula is C12H13BrO3. The maximum atomic E-state index is 9.07. The lowest BCUT2D eigenvalue weighted by Gasteiger charge is -2.13. The third-order valence-corrected chi connectivity index (χ3v) is 2.44. The van der Waals surface area contributed by atoms with Gasteiger partial charge >= 0.3 is 0 Å². The van der Waals surface area contributed by atoms with E-state index in [1.165, 1.54) is 0 Å². The summed E-state index contributed by atoms with van der Waals surface area (Å²) in [6.45, 7) is 2.53. The first-order valence-electron chi connectivity index (χ1n) is 4.85. The van der Waals surface area contributed by atoms with Crippen LogP contribution in [-0.2, 0) is 6.61 Å². The highest BCUT2D eigenvalue weighted by atomic mass is 79.9. The van der Waals surface area contributed by atoms with Gasteiger partial charge in [0, 0.05) is 0 Å². The van der Waals surface area contributed by atoms with Crippen molar-refractivity contribution in [3.05, 3.63) is 22.2 Å². The number of hydrogen-bond acceptors (Lipinski definition) is 3. The molecule has 0 aliphatic heterocycles. The van der Waals surface area contributed by atoms with Gasteiger partial charge < -0.3 is 14.6 Å². The lowest BCUT2D eigenvalue weighted by atomic mass is 10.2. The molecule has 86 valence electrons. The highest BCUT2D eigenvalue weighted by Crippen LogP contribution is 2.36. The number of rotatable bonds is 5. The summed E-state index contributed by atoms with van der Waals surface area (Å²) in [6.07, 6.45) is 5.14. The number of benzene rings is 1. The molecule has 1 rings (SSSR count). The molecule has 3 nitrogen and oxygen atoms in total. The van der Waals surface area contributed by atoms with E-state index in [1.54, 1.807) is 12.1 Å². The smallest absolute Gasteiger partial charge is 0.176 e. The van der Waals surface area contributed by atoms with Gasteiger partial charge in [-0.25, -0.2) is 0 Å². The van der Waals surface area contributed by atoms with Crippen LogP contribution in [0, 0.1) is 12.3 Å². The molecule has 0 aliphatic carbocycles. The van der Waals surface area contributed by atoms with Crippen LogP contribution in [0.2, 0.25) is 0 Å². The van der Waals surface area contributed by atoms with E-state index in [4.69, 9.17) is 21.0 Å². The molecule has 0 unspecified atom stereocenters. The van der Waals surface area contributed by atoms with Crippen LogP contribution in [0.1, 0.15) is 12.5 Å². The van der Waals surface area contributed by atoms with Crippen molar-refractivity contribution in [2.75, 3.05) is 13.2 Å². The van der Waals surface area contributed by atoms with E-state index >= 15 is 0 Å². The Bertz CT molecular complexity index is 396. The third kappa shape index (κ3) is 3.16. The average Bonchev–Trinajstić information content (AvgIpc) is 2.28. The summed E-state index contributed by atoms with van der Waals surface area (Å²) in [4.78, 5) is 0. The van der Waals surface area contributed by atoms with Gasteiger partial charge in [0.05, 0.1) is 17.7 Å². The van der Waals surface area contributed by atoms with Gasteiger partial charge in [-0.15, -0.1) is 6.42 Å². The molecule has 1 N–H and O–H groups in total. The van der Waals surface area contributed by atoms with E-state index in [9.17, 15) is 0 Å². The highest BCUT2D eigenvalue weighted by molar-refractivity contribution is 9.10.